The number of nitrogens with one attached hydrogen (secondary N) is 1. The Kier molecular flexibility index (Phi) is 6.55. The van der Waals surface area contributed by atoms with Crippen LogP contribution in [-0.2, 0) is 6.42 Å². The Morgan fingerprint density at radius 3 is 2.50 bits per heavy atom. The van der Waals surface area contributed by atoms with Crippen molar-refractivity contribution in [2.45, 2.75) is 26.7 Å². The molecule has 22 heavy (non-hydrogen) atoms. The van der Waals surface area contributed by atoms with Crippen LogP contribution in [-0.4, -0.2) is 43.6 Å². The van der Waals surface area contributed by atoms with E-state index in [0.29, 0.717) is 0 Å². The molecule has 1 aromatic carbocycles. The highest BCUT2D eigenvalue weighted by atomic mass is 32.1. The van der Waals surface area contributed by atoms with Crippen molar-refractivity contribution in [2.75, 3.05) is 33.7 Å². The normalized spacial score (nSPS) is 11.3. The summed E-state index contributed by atoms with van der Waals surface area (Å²) >= 11 is 1.82. The lowest BCUT2D eigenvalue weighted by Gasteiger charge is -2.09. The molecule has 0 saturated carbocycles. The molecule has 0 radical (unpaired) electrons. The summed E-state index contributed by atoms with van der Waals surface area (Å²) in [6, 6.07) is 8.64. The number of aryl methyl sites for hydroxylation is 2. The summed E-state index contributed by atoms with van der Waals surface area (Å²) in [6.07, 6.45) is 2.21. The molecule has 0 atom stereocenters. The number of nitrogens with zero attached hydrogens (tertiary/aromatic N) is 2. The molecule has 120 valence electrons. The number of benzene rings is 1. The lowest BCUT2D eigenvalue weighted by atomic mass is 10.1. The first-order valence-electron chi connectivity index (χ1n) is 7.95. The van der Waals surface area contributed by atoms with Crippen LogP contribution in [0.25, 0.3) is 11.3 Å². The molecule has 3 nitrogen and oxygen atoms in total. The van der Waals surface area contributed by atoms with Gasteiger partial charge in [-0.1, -0.05) is 29.8 Å². The Morgan fingerprint density at radius 2 is 1.82 bits per heavy atom. The maximum absolute atomic E-state index is 4.83. The second kappa shape index (κ2) is 8.42. The van der Waals surface area contributed by atoms with Crippen LogP contribution in [0.3, 0.4) is 0 Å². The van der Waals surface area contributed by atoms with Gasteiger partial charge in [0.25, 0.3) is 0 Å². The van der Waals surface area contributed by atoms with Gasteiger partial charge in [-0.05, 0) is 47.5 Å². The van der Waals surface area contributed by atoms with Crippen molar-refractivity contribution in [3.05, 3.63) is 39.7 Å². The Hall–Kier alpha value is -1.23. The number of aromatic nitrogens is 1. The SMILES string of the molecule is Cc1ccc(-c2nc(CCNCCCN(C)C)sc2C)cc1. The van der Waals surface area contributed by atoms with Crippen molar-refractivity contribution in [1.29, 1.82) is 0 Å². The highest BCUT2D eigenvalue weighted by Crippen LogP contribution is 2.27. The fraction of sp³-hybridized carbons (Fsp3) is 0.500. The van der Waals surface area contributed by atoms with Gasteiger partial charge in [-0.25, -0.2) is 4.98 Å². The molecule has 2 rings (SSSR count). The monoisotopic (exact) mass is 317 g/mol. The second-order valence-electron chi connectivity index (χ2n) is 6.04. The van der Waals surface area contributed by atoms with Gasteiger partial charge in [0.1, 0.15) is 0 Å². The third-order valence-corrected chi connectivity index (χ3v) is 4.67. The lowest BCUT2D eigenvalue weighted by Crippen LogP contribution is -2.23. The molecule has 0 spiro atoms. The summed E-state index contributed by atoms with van der Waals surface area (Å²) in [5.74, 6) is 0. The van der Waals surface area contributed by atoms with Crippen LogP contribution in [0.5, 0.6) is 0 Å². The van der Waals surface area contributed by atoms with Gasteiger partial charge in [-0.2, -0.15) is 0 Å². The Labute approximate surface area is 138 Å². The summed E-state index contributed by atoms with van der Waals surface area (Å²) in [7, 11) is 4.23. The van der Waals surface area contributed by atoms with Crippen molar-refractivity contribution in [2.24, 2.45) is 0 Å². The van der Waals surface area contributed by atoms with Crippen LogP contribution in [0, 0.1) is 13.8 Å². The van der Waals surface area contributed by atoms with Crippen LogP contribution in [0.1, 0.15) is 21.9 Å². The maximum Gasteiger partial charge on any atom is 0.0948 e. The number of thiazole rings is 1. The topological polar surface area (TPSA) is 28.2 Å². The third-order valence-electron chi connectivity index (χ3n) is 3.64. The van der Waals surface area contributed by atoms with Crippen LogP contribution in [0.4, 0.5) is 0 Å². The molecule has 0 unspecified atom stereocenters. The van der Waals surface area contributed by atoms with E-state index in [-0.39, 0.29) is 0 Å². The highest BCUT2D eigenvalue weighted by Gasteiger charge is 2.09. The van der Waals surface area contributed by atoms with Crippen molar-refractivity contribution in [3.8, 4) is 11.3 Å². The van der Waals surface area contributed by atoms with E-state index in [1.54, 1.807) is 0 Å². The zero-order valence-electron chi connectivity index (χ0n) is 14.1. The quantitative estimate of drug-likeness (QED) is 0.755. The number of hydrogen-bond donors (Lipinski definition) is 1. The Morgan fingerprint density at radius 1 is 1.09 bits per heavy atom. The Bertz CT molecular complexity index is 573. The third kappa shape index (κ3) is 5.20. The molecule has 0 aliphatic rings. The highest BCUT2D eigenvalue weighted by molar-refractivity contribution is 7.12. The largest absolute Gasteiger partial charge is 0.316 e. The Balaban J connectivity index is 1.84. The molecule has 0 bridgehead atoms. The van der Waals surface area contributed by atoms with Crippen molar-refractivity contribution in [3.63, 3.8) is 0 Å². The van der Waals surface area contributed by atoms with Crippen molar-refractivity contribution >= 4 is 11.3 Å². The van der Waals surface area contributed by atoms with Gasteiger partial charge in [-0.15, -0.1) is 11.3 Å². The zero-order chi connectivity index (χ0) is 15.9. The number of rotatable bonds is 8. The number of hydrogen-bond acceptors (Lipinski definition) is 4. The van der Waals surface area contributed by atoms with Gasteiger partial charge in [0.15, 0.2) is 0 Å². The molecule has 1 aromatic heterocycles. The molecule has 0 aliphatic carbocycles. The predicted octanol–water partition coefficient (Wildman–Crippen LogP) is 3.51. The zero-order valence-corrected chi connectivity index (χ0v) is 15.0. The van der Waals surface area contributed by atoms with E-state index < -0.39 is 0 Å². The average Bonchev–Trinajstić information content (AvgIpc) is 2.84. The van der Waals surface area contributed by atoms with Crippen LogP contribution < -0.4 is 5.32 Å². The maximum atomic E-state index is 4.83. The summed E-state index contributed by atoms with van der Waals surface area (Å²) < 4.78 is 0. The summed E-state index contributed by atoms with van der Waals surface area (Å²) in [5, 5.41) is 4.73. The van der Waals surface area contributed by atoms with Crippen molar-refractivity contribution < 1.29 is 0 Å². The van der Waals surface area contributed by atoms with Gasteiger partial charge in [0.2, 0.25) is 0 Å². The van der Waals surface area contributed by atoms with E-state index >= 15 is 0 Å². The molecular weight excluding hydrogens is 290 g/mol. The molecule has 0 aliphatic heterocycles. The van der Waals surface area contributed by atoms with Gasteiger partial charge < -0.3 is 10.2 Å². The predicted molar refractivity (Wildman–Crippen MR) is 96.8 cm³/mol. The minimum absolute atomic E-state index is 1.01. The summed E-state index contributed by atoms with van der Waals surface area (Å²) in [6.45, 7) is 7.51. The van der Waals surface area contributed by atoms with Gasteiger partial charge in [0.05, 0.1) is 10.7 Å². The second-order valence-corrected chi connectivity index (χ2v) is 7.32. The van der Waals surface area contributed by atoms with Crippen LogP contribution in [0.15, 0.2) is 24.3 Å². The first-order chi connectivity index (χ1) is 10.6. The van der Waals surface area contributed by atoms with E-state index in [1.165, 1.54) is 27.4 Å². The first kappa shape index (κ1) is 17.1. The fourth-order valence-electron chi connectivity index (χ4n) is 2.38. The van der Waals surface area contributed by atoms with Crippen molar-refractivity contribution in [1.82, 2.24) is 15.2 Å². The molecular formula is C18H27N3S. The van der Waals surface area contributed by atoms with Gasteiger partial charge >= 0.3 is 0 Å². The fourth-order valence-corrected chi connectivity index (χ4v) is 3.33. The van der Waals surface area contributed by atoms with Gasteiger partial charge in [0, 0.05) is 23.4 Å². The summed E-state index contributed by atoms with van der Waals surface area (Å²) in [4.78, 5) is 8.36. The van der Waals surface area contributed by atoms with E-state index in [4.69, 9.17) is 4.98 Å². The van der Waals surface area contributed by atoms with Gasteiger partial charge in [-0.3, -0.25) is 0 Å². The van der Waals surface area contributed by atoms with E-state index in [1.807, 2.05) is 11.3 Å². The summed E-state index contributed by atoms with van der Waals surface area (Å²) in [5.41, 5.74) is 3.66. The molecule has 0 amide bonds. The molecule has 4 heteroatoms. The van der Waals surface area contributed by atoms with E-state index in [9.17, 15) is 0 Å². The smallest absolute Gasteiger partial charge is 0.0948 e. The van der Waals surface area contributed by atoms with Crippen LogP contribution >= 0.6 is 11.3 Å². The molecule has 1 heterocycles. The average molecular weight is 318 g/mol. The van der Waals surface area contributed by atoms with Crippen LogP contribution in [0.2, 0.25) is 0 Å². The lowest BCUT2D eigenvalue weighted by molar-refractivity contribution is 0.395. The standard InChI is InChI=1S/C18H27N3S/c1-14-6-8-16(9-7-14)18-15(2)22-17(20-18)10-12-19-11-5-13-21(3)4/h6-9,19H,5,10-13H2,1-4H3. The van der Waals surface area contributed by atoms with E-state index in [2.05, 4.69) is 62.4 Å². The molecule has 2 aromatic rings. The molecule has 0 fully saturated rings. The minimum Gasteiger partial charge on any atom is -0.316 e. The molecule has 0 saturated heterocycles. The molecule has 1 N–H and O–H groups in total. The van der Waals surface area contributed by atoms with E-state index in [0.717, 1.165) is 31.7 Å². The minimum atomic E-state index is 1.01. The first-order valence-corrected chi connectivity index (χ1v) is 8.76.